The maximum absolute atomic E-state index is 12.7. The minimum absolute atomic E-state index is 0.0106. The van der Waals surface area contributed by atoms with Crippen molar-refractivity contribution < 1.29 is 23.9 Å². The molecule has 0 radical (unpaired) electrons. The molecule has 36 heavy (non-hydrogen) atoms. The third kappa shape index (κ3) is 3.36. The predicted octanol–water partition coefficient (Wildman–Crippen LogP) is 5.86. The smallest absolute Gasteiger partial charge is 0.338 e. The number of carbonyl (C=O) groups is 2. The van der Waals surface area contributed by atoms with Crippen LogP contribution in [-0.2, 0) is 19.1 Å². The molecule has 0 aromatic heterocycles. The van der Waals surface area contributed by atoms with Gasteiger partial charge in [-0.05, 0) is 80.8 Å². The van der Waals surface area contributed by atoms with Crippen molar-refractivity contribution in [3.8, 4) is 0 Å². The third-order valence-electron chi connectivity index (χ3n) is 10.6. The van der Waals surface area contributed by atoms with Crippen LogP contribution in [0.25, 0.3) is 0 Å². The second-order valence-electron chi connectivity index (χ2n) is 12.2. The fraction of sp³-hybridized carbons (Fsp3) is 0.633. The molecule has 4 aliphatic carbocycles. The second kappa shape index (κ2) is 8.27. The van der Waals surface area contributed by atoms with Crippen molar-refractivity contribution in [1.29, 1.82) is 0 Å². The maximum Gasteiger partial charge on any atom is 0.338 e. The Kier molecular flexibility index (Phi) is 5.49. The molecule has 8 atom stereocenters. The molecule has 0 N–H and O–H groups in total. The van der Waals surface area contributed by atoms with E-state index in [0.717, 1.165) is 44.2 Å². The molecule has 4 fully saturated rings. The van der Waals surface area contributed by atoms with E-state index in [9.17, 15) is 9.59 Å². The number of allylic oxidation sites excluding steroid dienone is 1. The number of epoxide rings is 1. The largest absolute Gasteiger partial charge is 0.458 e. The molecule has 0 spiro atoms. The van der Waals surface area contributed by atoms with E-state index in [2.05, 4.69) is 25.1 Å². The lowest BCUT2D eigenvalue weighted by Crippen LogP contribution is -2.54. The molecule has 1 aromatic carbocycles. The Bertz CT molecular complexity index is 1140. The van der Waals surface area contributed by atoms with E-state index < -0.39 is 5.97 Å². The molecular weight excluding hydrogens is 454 g/mol. The Morgan fingerprint density at radius 2 is 1.83 bits per heavy atom. The maximum atomic E-state index is 12.7. The summed E-state index contributed by atoms with van der Waals surface area (Å²) in [5.41, 5.74) is 2.72. The van der Waals surface area contributed by atoms with Gasteiger partial charge in [0.15, 0.2) is 0 Å². The first kappa shape index (κ1) is 23.9. The molecule has 0 unspecified atom stereocenters. The number of hydrogen-bond donors (Lipinski definition) is 0. The van der Waals surface area contributed by atoms with Gasteiger partial charge in [-0.15, -0.1) is 0 Å². The van der Waals surface area contributed by atoms with Gasteiger partial charge in [0, 0.05) is 18.8 Å². The Hall–Kier alpha value is -2.47. The number of fused-ring (bicyclic) bond motifs is 7. The molecule has 0 bridgehead atoms. The predicted molar refractivity (Wildman–Crippen MR) is 135 cm³/mol. The van der Waals surface area contributed by atoms with Crippen LogP contribution in [0.3, 0.4) is 0 Å². The van der Waals surface area contributed by atoms with Gasteiger partial charge < -0.3 is 14.3 Å². The normalized spacial score (nSPS) is 42.7. The molecule has 5 aliphatic rings. The molecule has 1 aromatic rings. The SMILES string of the molecule is CC(=O)O/N=C(\C)[C@]12O[C@@H]1C[C@@H]1[C@@H]3CC=C4C[C@@H](OC(=O)c5ccccc5)CC[C@]4(C)[C@@H]3CC[C@@]12C. The van der Waals surface area contributed by atoms with E-state index in [1.165, 1.54) is 18.9 Å². The van der Waals surface area contributed by atoms with Gasteiger partial charge in [0.2, 0.25) is 0 Å². The molecule has 1 aliphatic heterocycles. The lowest BCUT2D eigenvalue weighted by molar-refractivity contribution is -0.141. The van der Waals surface area contributed by atoms with Crippen LogP contribution in [0, 0.1) is 28.6 Å². The average molecular weight is 492 g/mol. The topological polar surface area (TPSA) is 77.5 Å². The van der Waals surface area contributed by atoms with Crippen molar-refractivity contribution in [2.24, 2.45) is 33.7 Å². The molecule has 3 saturated carbocycles. The first-order valence-corrected chi connectivity index (χ1v) is 13.5. The lowest BCUT2D eigenvalue weighted by atomic mass is 9.47. The van der Waals surface area contributed by atoms with Crippen molar-refractivity contribution in [2.45, 2.75) is 90.4 Å². The van der Waals surface area contributed by atoms with E-state index in [1.54, 1.807) is 0 Å². The zero-order valence-electron chi connectivity index (χ0n) is 21.8. The molecule has 6 rings (SSSR count). The molecular formula is C30H37NO5. The molecule has 1 heterocycles. The van der Waals surface area contributed by atoms with E-state index in [4.69, 9.17) is 14.3 Å². The Morgan fingerprint density at radius 3 is 2.58 bits per heavy atom. The summed E-state index contributed by atoms with van der Waals surface area (Å²) in [6, 6.07) is 9.30. The standard InChI is InChI=1S/C30H37NO5/c1-18(31-36-19(2)32)30-26(35-30)17-25-23-11-10-21-16-22(34-27(33)20-8-6-5-7-9-20)12-14-28(21,3)24(23)13-15-29(25,30)4/h5-10,22-26H,11-17H2,1-4H3/b31-18+/t22-,23+,24+,25+,26+,28-,29-,30-/m0/s1. The number of carbonyl (C=O) groups excluding carboxylic acids is 2. The Balaban J connectivity index is 1.20. The van der Waals surface area contributed by atoms with Crippen molar-refractivity contribution in [1.82, 2.24) is 0 Å². The highest BCUT2D eigenvalue weighted by atomic mass is 16.7. The van der Waals surface area contributed by atoms with E-state index in [0.29, 0.717) is 23.3 Å². The summed E-state index contributed by atoms with van der Waals surface area (Å²) >= 11 is 0. The number of hydrogen-bond acceptors (Lipinski definition) is 6. The molecule has 192 valence electrons. The van der Waals surface area contributed by atoms with Crippen LogP contribution in [0.2, 0.25) is 0 Å². The van der Waals surface area contributed by atoms with Crippen molar-refractivity contribution in [3.05, 3.63) is 47.5 Å². The van der Waals surface area contributed by atoms with Crippen molar-refractivity contribution in [2.75, 3.05) is 0 Å². The summed E-state index contributed by atoms with van der Waals surface area (Å²) in [5.74, 6) is 1.22. The molecule has 1 saturated heterocycles. The summed E-state index contributed by atoms with van der Waals surface area (Å²) in [7, 11) is 0. The zero-order valence-corrected chi connectivity index (χ0v) is 21.8. The van der Waals surface area contributed by atoms with Gasteiger partial charge >= 0.3 is 11.9 Å². The van der Waals surface area contributed by atoms with Gasteiger partial charge in [-0.3, -0.25) is 0 Å². The highest BCUT2D eigenvalue weighted by Gasteiger charge is 2.78. The number of oxime groups is 1. The first-order valence-electron chi connectivity index (χ1n) is 13.5. The minimum atomic E-state index is -0.394. The van der Waals surface area contributed by atoms with Crippen LogP contribution in [0.15, 0.2) is 47.1 Å². The van der Waals surface area contributed by atoms with Crippen molar-refractivity contribution in [3.63, 3.8) is 0 Å². The summed E-state index contributed by atoms with van der Waals surface area (Å²) in [5, 5.41) is 4.18. The zero-order chi connectivity index (χ0) is 25.3. The second-order valence-corrected chi connectivity index (χ2v) is 12.2. The summed E-state index contributed by atoms with van der Waals surface area (Å²) in [6.07, 6.45) is 9.84. The highest BCUT2D eigenvalue weighted by molar-refractivity contribution is 5.95. The number of benzene rings is 1. The summed E-state index contributed by atoms with van der Waals surface area (Å²) < 4.78 is 12.3. The summed E-state index contributed by atoms with van der Waals surface area (Å²) in [4.78, 5) is 29.0. The number of esters is 1. The van der Waals surface area contributed by atoms with E-state index in [-0.39, 0.29) is 34.6 Å². The molecule has 0 amide bonds. The van der Waals surface area contributed by atoms with Gasteiger partial charge in [-0.25, -0.2) is 9.59 Å². The fourth-order valence-corrected chi connectivity index (χ4v) is 8.81. The first-order chi connectivity index (χ1) is 17.2. The van der Waals surface area contributed by atoms with Crippen LogP contribution in [0.1, 0.15) is 83.0 Å². The van der Waals surface area contributed by atoms with Crippen LogP contribution in [-0.4, -0.2) is 35.5 Å². The minimum Gasteiger partial charge on any atom is -0.458 e. The van der Waals surface area contributed by atoms with Gasteiger partial charge in [0.25, 0.3) is 0 Å². The summed E-state index contributed by atoms with van der Waals surface area (Å²) in [6.45, 7) is 8.19. The number of nitrogens with zero attached hydrogens (tertiary/aromatic N) is 1. The third-order valence-corrected chi connectivity index (χ3v) is 10.6. The highest BCUT2D eigenvalue weighted by Crippen LogP contribution is 2.73. The Labute approximate surface area is 213 Å². The lowest BCUT2D eigenvalue weighted by Gasteiger charge is -2.58. The fourth-order valence-electron chi connectivity index (χ4n) is 8.81. The monoisotopic (exact) mass is 491 g/mol. The number of ether oxygens (including phenoxy) is 2. The quantitative estimate of drug-likeness (QED) is 0.132. The van der Waals surface area contributed by atoms with Crippen molar-refractivity contribution >= 4 is 17.7 Å². The van der Waals surface area contributed by atoms with Gasteiger partial charge in [-0.2, -0.15) is 0 Å². The molecule has 6 heteroatoms. The number of rotatable bonds is 4. The molecule has 6 nitrogen and oxygen atoms in total. The van der Waals surface area contributed by atoms with Crippen LogP contribution >= 0.6 is 0 Å². The van der Waals surface area contributed by atoms with Crippen LogP contribution in [0.4, 0.5) is 0 Å². The average Bonchev–Trinajstić information content (AvgIpc) is 3.54. The van der Waals surface area contributed by atoms with Crippen LogP contribution < -0.4 is 0 Å². The van der Waals surface area contributed by atoms with E-state index >= 15 is 0 Å². The van der Waals surface area contributed by atoms with Gasteiger partial charge in [0.05, 0.1) is 17.4 Å². The van der Waals surface area contributed by atoms with E-state index in [1.807, 2.05) is 37.3 Å². The van der Waals surface area contributed by atoms with Crippen LogP contribution in [0.5, 0.6) is 0 Å². The Morgan fingerprint density at radius 1 is 1.06 bits per heavy atom. The van der Waals surface area contributed by atoms with Gasteiger partial charge in [0.1, 0.15) is 11.7 Å². The van der Waals surface area contributed by atoms with Gasteiger partial charge in [-0.1, -0.05) is 48.9 Å².